The Hall–Kier alpha value is -1.88. The lowest BCUT2D eigenvalue weighted by molar-refractivity contribution is 0.112. The monoisotopic (exact) mass is 335 g/mol. The Morgan fingerprint density at radius 2 is 2.05 bits per heavy atom. The molecule has 0 spiro atoms. The summed E-state index contributed by atoms with van der Waals surface area (Å²) in [5.74, 6) is 1.16. The van der Waals surface area contributed by atoms with E-state index in [0.29, 0.717) is 30.3 Å². The van der Waals surface area contributed by atoms with Crippen molar-refractivity contribution in [1.29, 1.82) is 0 Å². The van der Waals surface area contributed by atoms with Gasteiger partial charge in [0.1, 0.15) is 12.9 Å². The third-order valence-corrected chi connectivity index (χ3v) is 3.04. The minimum atomic E-state index is 0.341. The summed E-state index contributed by atoms with van der Waals surface area (Å²) in [7, 11) is 0. The Labute approximate surface area is 125 Å². The number of aromatic nitrogens is 1. The average Bonchev–Trinajstić information content (AvgIpc) is 2.48. The Kier molecular flexibility index (Phi) is 5.12. The second-order valence-corrected chi connectivity index (χ2v) is 4.93. The number of halogens is 1. The van der Waals surface area contributed by atoms with Crippen LogP contribution in [0.3, 0.4) is 0 Å². The summed E-state index contributed by atoms with van der Waals surface area (Å²) in [6, 6.07) is 8.88. The zero-order chi connectivity index (χ0) is 14.4. The molecule has 0 radical (unpaired) electrons. The van der Waals surface area contributed by atoms with Crippen molar-refractivity contribution < 1.29 is 14.3 Å². The second-order valence-electron chi connectivity index (χ2n) is 4.01. The van der Waals surface area contributed by atoms with E-state index in [-0.39, 0.29) is 0 Å². The number of aldehydes is 1. The molecule has 20 heavy (non-hydrogen) atoms. The summed E-state index contributed by atoms with van der Waals surface area (Å²) >= 11 is 3.33. The van der Waals surface area contributed by atoms with Crippen LogP contribution >= 0.6 is 15.9 Å². The van der Waals surface area contributed by atoms with Crippen molar-refractivity contribution in [3.8, 4) is 11.5 Å². The number of rotatable bonds is 6. The fourth-order valence-electron chi connectivity index (χ4n) is 1.63. The molecule has 0 atom stereocenters. The minimum absolute atomic E-state index is 0.341. The normalized spacial score (nSPS) is 10.1. The third-order valence-electron chi connectivity index (χ3n) is 2.57. The molecule has 0 fully saturated rings. The molecule has 0 saturated heterocycles. The van der Waals surface area contributed by atoms with Gasteiger partial charge in [0.05, 0.1) is 12.3 Å². The van der Waals surface area contributed by atoms with Gasteiger partial charge in [0.25, 0.3) is 0 Å². The van der Waals surface area contributed by atoms with Crippen LogP contribution in [-0.2, 0) is 6.61 Å². The third kappa shape index (κ3) is 3.81. The second kappa shape index (κ2) is 7.05. The van der Waals surface area contributed by atoms with Crippen LogP contribution in [0.4, 0.5) is 0 Å². The first-order valence-corrected chi connectivity index (χ1v) is 6.97. The molecular weight excluding hydrogens is 322 g/mol. The van der Waals surface area contributed by atoms with Gasteiger partial charge in [-0.1, -0.05) is 0 Å². The molecule has 2 aromatic rings. The number of pyridine rings is 1. The topological polar surface area (TPSA) is 48.4 Å². The van der Waals surface area contributed by atoms with Crippen LogP contribution in [0.15, 0.2) is 41.0 Å². The number of benzene rings is 1. The van der Waals surface area contributed by atoms with E-state index < -0.39 is 0 Å². The van der Waals surface area contributed by atoms with Crippen LogP contribution in [0.1, 0.15) is 23.0 Å². The summed E-state index contributed by atoms with van der Waals surface area (Å²) in [6.07, 6.45) is 2.50. The summed E-state index contributed by atoms with van der Waals surface area (Å²) in [5.41, 5.74) is 1.37. The summed E-state index contributed by atoms with van der Waals surface area (Å²) in [5, 5.41) is 0. The number of hydrogen-bond acceptors (Lipinski definition) is 4. The van der Waals surface area contributed by atoms with E-state index in [1.165, 1.54) is 0 Å². The van der Waals surface area contributed by atoms with Crippen LogP contribution in [-0.4, -0.2) is 17.9 Å². The van der Waals surface area contributed by atoms with E-state index in [2.05, 4.69) is 20.9 Å². The highest BCUT2D eigenvalue weighted by atomic mass is 79.9. The van der Waals surface area contributed by atoms with E-state index in [1.807, 2.05) is 19.1 Å². The van der Waals surface area contributed by atoms with E-state index in [4.69, 9.17) is 9.47 Å². The maximum atomic E-state index is 10.8. The molecule has 5 heteroatoms. The molecule has 104 valence electrons. The first kappa shape index (κ1) is 14.5. The van der Waals surface area contributed by atoms with Crippen LogP contribution in [0.2, 0.25) is 0 Å². The van der Waals surface area contributed by atoms with Crippen LogP contribution in [0.25, 0.3) is 0 Å². The smallest absolute Gasteiger partial charge is 0.161 e. The van der Waals surface area contributed by atoms with Crippen molar-refractivity contribution in [3.63, 3.8) is 0 Å². The molecule has 0 aliphatic carbocycles. The van der Waals surface area contributed by atoms with E-state index in [9.17, 15) is 4.79 Å². The molecule has 2 rings (SSSR count). The Morgan fingerprint density at radius 3 is 2.70 bits per heavy atom. The van der Waals surface area contributed by atoms with Gasteiger partial charge in [-0.3, -0.25) is 9.78 Å². The van der Waals surface area contributed by atoms with Gasteiger partial charge in [-0.25, -0.2) is 0 Å². The zero-order valence-corrected chi connectivity index (χ0v) is 12.6. The van der Waals surface area contributed by atoms with Crippen molar-refractivity contribution in [3.05, 3.63) is 52.3 Å². The fraction of sp³-hybridized carbons (Fsp3) is 0.200. The molecule has 0 unspecified atom stereocenters. The van der Waals surface area contributed by atoms with Gasteiger partial charge in [-0.2, -0.15) is 0 Å². The molecule has 0 saturated carbocycles. The van der Waals surface area contributed by atoms with Gasteiger partial charge in [0.2, 0.25) is 0 Å². The molecule has 0 amide bonds. The highest BCUT2D eigenvalue weighted by Gasteiger charge is 2.07. The molecular formula is C15H14BrNO3. The zero-order valence-electron chi connectivity index (χ0n) is 11.0. The number of carbonyl (C=O) groups is 1. The predicted molar refractivity (Wildman–Crippen MR) is 79.3 cm³/mol. The van der Waals surface area contributed by atoms with Crippen LogP contribution < -0.4 is 9.47 Å². The molecule has 1 heterocycles. The Balaban J connectivity index is 2.11. The SMILES string of the molecule is CCOc1cc(C=O)ccc1OCc1ccc(Br)cn1. The summed E-state index contributed by atoms with van der Waals surface area (Å²) in [6.45, 7) is 2.73. The van der Waals surface area contributed by atoms with Gasteiger partial charge in [0, 0.05) is 16.2 Å². The van der Waals surface area contributed by atoms with E-state index >= 15 is 0 Å². The standard InChI is InChI=1S/C15H14BrNO3/c1-2-19-15-7-11(9-18)3-6-14(15)20-10-13-5-4-12(16)8-17-13/h3-9H,2,10H2,1H3. The lowest BCUT2D eigenvalue weighted by Crippen LogP contribution is -2.01. The molecule has 1 aromatic heterocycles. The minimum Gasteiger partial charge on any atom is -0.490 e. The summed E-state index contributed by atoms with van der Waals surface area (Å²) < 4.78 is 12.1. The molecule has 0 N–H and O–H groups in total. The van der Waals surface area contributed by atoms with Crippen LogP contribution in [0.5, 0.6) is 11.5 Å². The maximum Gasteiger partial charge on any atom is 0.161 e. The average molecular weight is 336 g/mol. The summed E-state index contributed by atoms with van der Waals surface area (Å²) in [4.78, 5) is 15.0. The number of ether oxygens (including phenoxy) is 2. The molecule has 4 nitrogen and oxygen atoms in total. The van der Waals surface area contributed by atoms with Gasteiger partial charge < -0.3 is 9.47 Å². The maximum absolute atomic E-state index is 10.8. The number of nitrogens with zero attached hydrogens (tertiary/aromatic N) is 1. The van der Waals surface area contributed by atoms with Gasteiger partial charge in [0.15, 0.2) is 11.5 Å². The van der Waals surface area contributed by atoms with Crippen LogP contribution in [0, 0.1) is 0 Å². The predicted octanol–water partition coefficient (Wildman–Crippen LogP) is 3.63. The van der Waals surface area contributed by atoms with E-state index in [1.54, 1.807) is 24.4 Å². The van der Waals surface area contributed by atoms with Gasteiger partial charge in [-0.05, 0) is 53.2 Å². The molecule has 0 aliphatic rings. The number of carbonyl (C=O) groups excluding carboxylic acids is 1. The largest absolute Gasteiger partial charge is 0.490 e. The first-order valence-electron chi connectivity index (χ1n) is 6.18. The molecule has 0 aliphatic heterocycles. The highest BCUT2D eigenvalue weighted by molar-refractivity contribution is 9.10. The highest BCUT2D eigenvalue weighted by Crippen LogP contribution is 2.28. The lowest BCUT2D eigenvalue weighted by atomic mass is 10.2. The molecule has 0 bridgehead atoms. The first-order chi connectivity index (χ1) is 9.72. The fourth-order valence-corrected chi connectivity index (χ4v) is 1.86. The van der Waals surface area contributed by atoms with Crippen molar-refractivity contribution in [1.82, 2.24) is 4.98 Å². The van der Waals surface area contributed by atoms with Gasteiger partial charge >= 0.3 is 0 Å². The van der Waals surface area contributed by atoms with Crippen molar-refractivity contribution in [2.24, 2.45) is 0 Å². The lowest BCUT2D eigenvalue weighted by Gasteiger charge is -2.12. The molecule has 1 aromatic carbocycles. The number of hydrogen-bond donors (Lipinski definition) is 0. The van der Waals surface area contributed by atoms with Crippen molar-refractivity contribution in [2.75, 3.05) is 6.61 Å². The van der Waals surface area contributed by atoms with Gasteiger partial charge in [-0.15, -0.1) is 0 Å². The Bertz CT molecular complexity index is 584. The Morgan fingerprint density at radius 1 is 1.20 bits per heavy atom. The van der Waals surface area contributed by atoms with E-state index in [0.717, 1.165) is 16.5 Å². The van der Waals surface area contributed by atoms with Crippen molar-refractivity contribution in [2.45, 2.75) is 13.5 Å². The van der Waals surface area contributed by atoms with Crippen molar-refractivity contribution >= 4 is 22.2 Å². The quantitative estimate of drug-likeness (QED) is 0.756.